The van der Waals surface area contributed by atoms with Gasteiger partial charge in [-0.3, -0.25) is 0 Å². The molecule has 4 heteroatoms. The van der Waals surface area contributed by atoms with Crippen molar-refractivity contribution in [2.24, 2.45) is 0 Å². The van der Waals surface area contributed by atoms with Crippen LogP contribution in [0.15, 0.2) is 18.2 Å². The number of rotatable bonds is 7. The van der Waals surface area contributed by atoms with Crippen molar-refractivity contribution in [2.75, 3.05) is 27.9 Å². The Labute approximate surface area is 109 Å². The molecule has 0 aromatic heterocycles. The second-order valence-electron chi connectivity index (χ2n) is 4.28. The quantitative estimate of drug-likeness (QED) is 0.810. The number of hydrogen-bond acceptors (Lipinski definition) is 4. The third-order valence-electron chi connectivity index (χ3n) is 3.02. The SMILES string of the molecule is COc1ccc(C(C)NCC(C)OC)c(OC)c1. The molecule has 1 N–H and O–H groups in total. The number of ether oxygens (including phenoxy) is 3. The van der Waals surface area contributed by atoms with Crippen molar-refractivity contribution in [1.82, 2.24) is 5.32 Å². The lowest BCUT2D eigenvalue weighted by Crippen LogP contribution is -2.28. The van der Waals surface area contributed by atoms with Gasteiger partial charge in [0.25, 0.3) is 0 Å². The van der Waals surface area contributed by atoms with Crippen LogP contribution in [0.25, 0.3) is 0 Å². The lowest BCUT2D eigenvalue weighted by Gasteiger charge is -2.19. The van der Waals surface area contributed by atoms with E-state index >= 15 is 0 Å². The molecule has 0 spiro atoms. The molecule has 0 heterocycles. The van der Waals surface area contributed by atoms with Gasteiger partial charge in [0.15, 0.2) is 0 Å². The average molecular weight is 253 g/mol. The maximum absolute atomic E-state index is 5.39. The molecule has 0 aliphatic rings. The summed E-state index contributed by atoms with van der Waals surface area (Å²) >= 11 is 0. The van der Waals surface area contributed by atoms with Crippen LogP contribution in [0.5, 0.6) is 11.5 Å². The summed E-state index contributed by atoms with van der Waals surface area (Å²) in [5, 5.41) is 3.42. The topological polar surface area (TPSA) is 39.7 Å². The molecule has 0 bridgehead atoms. The van der Waals surface area contributed by atoms with E-state index in [0.29, 0.717) is 0 Å². The van der Waals surface area contributed by atoms with Gasteiger partial charge in [-0.05, 0) is 19.9 Å². The second kappa shape index (κ2) is 7.24. The van der Waals surface area contributed by atoms with Gasteiger partial charge in [0, 0.05) is 31.3 Å². The molecule has 0 saturated heterocycles. The highest BCUT2D eigenvalue weighted by molar-refractivity contribution is 5.42. The molecule has 2 unspecified atom stereocenters. The van der Waals surface area contributed by atoms with Crippen LogP contribution in [0.2, 0.25) is 0 Å². The van der Waals surface area contributed by atoms with Crippen molar-refractivity contribution in [3.8, 4) is 11.5 Å². The van der Waals surface area contributed by atoms with E-state index in [2.05, 4.69) is 12.2 Å². The first-order valence-corrected chi connectivity index (χ1v) is 6.10. The largest absolute Gasteiger partial charge is 0.497 e. The second-order valence-corrected chi connectivity index (χ2v) is 4.28. The summed E-state index contributed by atoms with van der Waals surface area (Å²) < 4.78 is 15.8. The van der Waals surface area contributed by atoms with Gasteiger partial charge in [-0.2, -0.15) is 0 Å². The van der Waals surface area contributed by atoms with Crippen LogP contribution in [-0.4, -0.2) is 34.0 Å². The molecule has 18 heavy (non-hydrogen) atoms. The average Bonchev–Trinajstić information content (AvgIpc) is 2.43. The van der Waals surface area contributed by atoms with E-state index in [9.17, 15) is 0 Å². The Kier molecular flexibility index (Phi) is 5.95. The zero-order valence-corrected chi connectivity index (χ0v) is 11.8. The van der Waals surface area contributed by atoms with Crippen molar-refractivity contribution >= 4 is 0 Å². The highest BCUT2D eigenvalue weighted by Crippen LogP contribution is 2.29. The number of hydrogen-bond donors (Lipinski definition) is 1. The van der Waals surface area contributed by atoms with E-state index < -0.39 is 0 Å². The first kappa shape index (κ1) is 14.8. The molecule has 1 rings (SSSR count). The molecule has 0 amide bonds. The molecular formula is C14H23NO3. The zero-order valence-electron chi connectivity index (χ0n) is 11.8. The van der Waals surface area contributed by atoms with Crippen LogP contribution in [-0.2, 0) is 4.74 Å². The number of nitrogens with one attached hydrogen (secondary N) is 1. The molecule has 0 radical (unpaired) electrons. The van der Waals surface area contributed by atoms with E-state index in [1.54, 1.807) is 21.3 Å². The Morgan fingerprint density at radius 1 is 1.11 bits per heavy atom. The molecule has 2 atom stereocenters. The predicted molar refractivity (Wildman–Crippen MR) is 72.4 cm³/mol. The lowest BCUT2D eigenvalue weighted by molar-refractivity contribution is 0.115. The fourth-order valence-electron chi connectivity index (χ4n) is 1.71. The number of methoxy groups -OCH3 is 3. The first-order chi connectivity index (χ1) is 8.62. The summed E-state index contributed by atoms with van der Waals surface area (Å²) in [5.74, 6) is 1.63. The van der Waals surface area contributed by atoms with Gasteiger partial charge < -0.3 is 19.5 Å². The Bertz CT molecular complexity index is 368. The Morgan fingerprint density at radius 2 is 1.83 bits per heavy atom. The van der Waals surface area contributed by atoms with Gasteiger partial charge in [-0.1, -0.05) is 6.07 Å². The minimum Gasteiger partial charge on any atom is -0.497 e. The minimum absolute atomic E-state index is 0.191. The molecule has 0 aliphatic heterocycles. The Balaban J connectivity index is 2.75. The van der Waals surface area contributed by atoms with Crippen LogP contribution >= 0.6 is 0 Å². The van der Waals surface area contributed by atoms with Crippen molar-refractivity contribution in [3.63, 3.8) is 0 Å². The third-order valence-corrected chi connectivity index (χ3v) is 3.02. The third kappa shape index (κ3) is 3.89. The fraction of sp³-hybridized carbons (Fsp3) is 0.571. The summed E-state index contributed by atoms with van der Waals surface area (Å²) in [7, 11) is 5.03. The summed E-state index contributed by atoms with van der Waals surface area (Å²) in [6, 6.07) is 6.05. The molecule has 0 aliphatic carbocycles. The van der Waals surface area contributed by atoms with E-state index in [1.807, 2.05) is 25.1 Å². The highest BCUT2D eigenvalue weighted by Gasteiger charge is 2.12. The molecular weight excluding hydrogens is 230 g/mol. The molecule has 0 saturated carbocycles. The number of benzene rings is 1. The Morgan fingerprint density at radius 3 is 2.39 bits per heavy atom. The highest BCUT2D eigenvalue weighted by atomic mass is 16.5. The van der Waals surface area contributed by atoms with Gasteiger partial charge in [0.2, 0.25) is 0 Å². The van der Waals surface area contributed by atoms with Crippen molar-refractivity contribution in [1.29, 1.82) is 0 Å². The van der Waals surface area contributed by atoms with Crippen molar-refractivity contribution in [3.05, 3.63) is 23.8 Å². The van der Waals surface area contributed by atoms with E-state index in [0.717, 1.165) is 23.6 Å². The van der Waals surface area contributed by atoms with Crippen LogP contribution in [0, 0.1) is 0 Å². The molecule has 1 aromatic rings. The first-order valence-electron chi connectivity index (χ1n) is 6.10. The molecule has 1 aromatic carbocycles. The normalized spacial score (nSPS) is 14.1. The molecule has 102 valence electrons. The van der Waals surface area contributed by atoms with Crippen LogP contribution in [0.4, 0.5) is 0 Å². The summed E-state index contributed by atoms with van der Waals surface area (Å²) in [4.78, 5) is 0. The van der Waals surface area contributed by atoms with Crippen LogP contribution < -0.4 is 14.8 Å². The fourth-order valence-corrected chi connectivity index (χ4v) is 1.71. The maximum Gasteiger partial charge on any atom is 0.127 e. The lowest BCUT2D eigenvalue weighted by atomic mass is 10.1. The minimum atomic E-state index is 0.191. The van der Waals surface area contributed by atoms with E-state index in [1.165, 1.54) is 0 Å². The smallest absolute Gasteiger partial charge is 0.127 e. The maximum atomic E-state index is 5.39. The summed E-state index contributed by atoms with van der Waals surface area (Å²) in [5.41, 5.74) is 1.11. The van der Waals surface area contributed by atoms with Gasteiger partial charge in [-0.15, -0.1) is 0 Å². The summed E-state index contributed by atoms with van der Waals surface area (Å²) in [6.45, 7) is 4.94. The molecule has 0 fully saturated rings. The van der Waals surface area contributed by atoms with Gasteiger partial charge >= 0.3 is 0 Å². The van der Waals surface area contributed by atoms with Crippen LogP contribution in [0.3, 0.4) is 0 Å². The van der Waals surface area contributed by atoms with Gasteiger partial charge in [0.1, 0.15) is 11.5 Å². The summed E-state index contributed by atoms with van der Waals surface area (Å²) in [6.07, 6.45) is 0.191. The van der Waals surface area contributed by atoms with Crippen molar-refractivity contribution in [2.45, 2.75) is 26.0 Å². The monoisotopic (exact) mass is 253 g/mol. The van der Waals surface area contributed by atoms with Gasteiger partial charge in [-0.25, -0.2) is 0 Å². The predicted octanol–water partition coefficient (Wildman–Crippen LogP) is 2.39. The van der Waals surface area contributed by atoms with Gasteiger partial charge in [0.05, 0.1) is 20.3 Å². The zero-order chi connectivity index (χ0) is 13.5. The van der Waals surface area contributed by atoms with Crippen LogP contribution in [0.1, 0.15) is 25.5 Å². The Hall–Kier alpha value is -1.26. The molecule has 4 nitrogen and oxygen atoms in total. The van der Waals surface area contributed by atoms with E-state index in [4.69, 9.17) is 14.2 Å². The van der Waals surface area contributed by atoms with Crippen molar-refractivity contribution < 1.29 is 14.2 Å². The van der Waals surface area contributed by atoms with E-state index in [-0.39, 0.29) is 12.1 Å². The standard InChI is InChI=1S/C14H23NO3/c1-10(16-3)9-15-11(2)13-7-6-12(17-4)8-14(13)18-5/h6-8,10-11,15H,9H2,1-5H3.